The van der Waals surface area contributed by atoms with E-state index in [1.54, 1.807) is 6.07 Å². The van der Waals surface area contributed by atoms with E-state index in [2.05, 4.69) is 31.7 Å². The molecule has 0 atom stereocenters. The van der Waals surface area contributed by atoms with Gasteiger partial charge in [0.15, 0.2) is 5.82 Å². The molecule has 1 aromatic carbocycles. The number of hydrogen-bond donors (Lipinski definition) is 3. The van der Waals surface area contributed by atoms with Crippen LogP contribution in [0.4, 0.5) is 17.2 Å². The van der Waals surface area contributed by atoms with Gasteiger partial charge in [-0.1, -0.05) is 0 Å². The van der Waals surface area contributed by atoms with Crippen LogP contribution in [0.25, 0.3) is 0 Å². The normalized spacial score (nSPS) is 10.0. The summed E-state index contributed by atoms with van der Waals surface area (Å²) in [5.74, 6) is 5.00. The second kappa shape index (κ2) is 6.29. The van der Waals surface area contributed by atoms with Crippen LogP contribution in [-0.2, 0) is 0 Å². The topological polar surface area (TPSA) is 123 Å². The molecular weight excluding hydrogens is 342 g/mol. The number of nitrogens with one attached hydrogen (secondary N) is 2. The maximum absolute atomic E-state index is 12.2. The number of nitrogens with two attached hydrogens (primary N) is 1. The molecule has 4 N–H and O–H groups in total. The van der Waals surface area contributed by atoms with E-state index >= 15 is 0 Å². The summed E-state index contributed by atoms with van der Waals surface area (Å²) in [6, 6.07) is 7.19. The number of rotatable bonds is 4. The van der Waals surface area contributed by atoms with Crippen molar-refractivity contribution in [1.29, 1.82) is 0 Å². The molecule has 108 valence electrons. The number of benzene rings is 1. The fraction of sp³-hybridized carbons (Fsp3) is 0. The van der Waals surface area contributed by atoms with Crippen molar-refractivity contribution < 1.29 is 9.72 Å². The van der Waals surface area contributed by atoms with Crippen LogP contribution in [0.3, 0.4) is 0 Å². The fourth-order valence-corrected chi connectivity index (χ4v) is 1.96. The quantitative estimate of drug-likeness (QED) is 0.441. The minimum atomic E-state index is -0.543. The maximum atomic E-state index is 12.2. The summed E-state index contributed by atoms with van der Waals surface area (Å²) >= 11 is 3.22. The molecule has 21 heavy (non-hydrogen) atoms. The Kier molecular flexibility index (Phi) is 4.45. The van der Waals surface area contributed by atoms with Crippen molar-refractivity contribution >= 4 is 39.0 Å². The summed E-state index contributed by atoms with van der Waals surface area (Å²) in [5.41, 5.74) is 2.69. The van der Waals surface area contributed by atoms with Gasteiger partial charge in [0.05, 0.1) is 16.2 Å². The van der Waals surface area contributed by atoms with E-state index in [0.717, 1.165) is 0 Å². The van der Waals surface area contributed by atoms with Gasteiger partial charge in [-0.15, -0.1) is 0 Å². The van der Waals surface area contributed by atoms with Gasteiger partial charge in [0.2, 0.25) is 0 Å². The number of amides is 1. The third kappa shape index (κ3) is 3.33. The molecule has 0 saturated carbocycles. The third-order valence-electron chi connectivity index (χ3n) is 2.60. The van der Waals surface area contributed by atoms with E-state index in [4.69, 9.17) is 5.84 Å². The predicted octanol–water partition coefficient (Wildman–Crippen LogP) is 2.29. The first-order valence-electron chi connectivity index (χ1n) is 5.70. The second-order valence-electron chi connectivity index (χ2n) is 3.92. The van der Waals surface area contributed by atoms with Crippen molar-refractivity contribution in [3.8, 4) is 0 Å². The Morgan fingerprint density at radius 2 is 2.14 bits per heavy atom. The molecule has 0 aliphatic heterocycles. The Hall–Kier alpha value is -2.52. The van der Waals surface area contributed by atoms with E-state index in [0.29, 0.717) is 4.47 Å². The molecule has 2 rings (SSSR count). The van der Waals surface area contributed by atoms with Gasteiger partial charge in [-0.25, -0.2) is 10.8 Å². The molecule has 0 aliphatic carbocycles. The Balaban J connectivity index is 2.31. The van der Waals surface area contributed by atoms with Crippen LogP contribution in [-0.4, -0.2) is 15.8 Å². The lowest BCUT2D eigenvalue weighted by atomic mass is 10.2. The van der Waals surface area contributed by atoms with E-state index < -0.39 is 10.8 Å². The van der Waals surface area contributed by atoms with Gasteiger partial charge < -0.3 is 10.7 Å². The number of halogens is 1. The summed E-state index contributed by atoms with van der Waals surface area (Å²) in [6.07, 6.45) is 1.48. The number of hydrogen-bond acceptors (Lipinski definition) is 6. The highest BCUT2D eigenvalue weighted by atomic mass is 79.9. The first-order chi connectivity index (χ1) is 10.0. The summed E-state index contributed by atoms with van der Waals surface area (Å²) in [4.78, 5) is 26.3. The van der Waals surface area contributed by atoms with E-state index in [-0.39, 0.29) is 22.8 Å². The summed E-state index contributed by atoms with van der Waals surface area (Å²) < 4.78 is 0.521. The zero-order valence-electron chi connectivity index (χ0n) is 10.5. The zero-order chi connectivity index (χ0) is 15.4. The highest BCUT2D eigenvalue weighted by Gasteiger charge is 2.15. The van der Waals surface area contributed by atoms with Crippen LogP contribution in [0.15, 0.2) is 41.0 Å². The maximum Gasteiger partial charge on any atom is 0.271 e. The molecule has 0 radical (unpaired) electrons. The molecule has 0 fully saturated rings. The lowest BCUT2D eigenvalue weighted by Crippen LogP contribution is -2.18. The summed E-state index contributed by atoms with van der Waals surface area (Å²) in [5, 5.41) is 13.3. The number of nitrogen functional groups attached to an aromatic ring is 1. The number of hydrazine groups is 1. The Morgan fingerprint density at radius 1 is 1.38 bits per heavy atom. The van der Waals surface area contributed by atoms with E-state index in [1.165, 1.54) is 30.5 Å². The standard InChI is InChI=1S/C12H10BrN5O3/c13-9-4-3-7(18(20)21)6-10(9)16-12(19)8-2-1-5-15-11(8)17-14/h1-6H,14H2,(H,15,17)(H,16,19). The first kappa shape index (κ1) is 14.9. The first-order valence-corrected chi connectivity index (χ1v) is 6.49. The Bertz CT molecular complexity index is 707. The molecule has 0 bridgehead atoms. The fourth-order valence-electron chi connectivity index (χ4n) is 1.62. The highest BCUT2D eigenvalue weighted by Crippen LogP contribution is 2.27. The molecule has 9 heteroatoms. The number of nitro benzene ring substituents is 1. The second-order valence-corrected chi connectivity index (χ2v) is 4.77. The number of anilines is 2. The van der Waals surface area contributed by atoms with Crippen LogP contribution in [0.2, 0.25) is 0 Å². The van der Waals surface area contributed by atoms with E-state index in [9.17, 15) is 14.9 Å². The monoisotopic (exact) mass is 351 g/mol. The predicted molar refractivity (Wildman–Crippen MR) is 80.8 cm³/mol. The van der Waals surface area contributed by atoms with Crippen LogP contribution in [0.1, 0.15) is 10.4 Å². The van der Waals surface area contributed by atoms with Crippen molar-refractivity contribution in [2.45, 2.75) is 0 Å². The summed E-state index contributed by atoms with van der Waals surface area (Å²) in [6.45, 7) is 0. The lowest BCUT2D eigenvalue weighted by Gasteiger charge is -2.09. The number of non-ortho nitro benzene ring substituents is 1. The summed E-state index contributed by atoms with van der Waals surface area (Å²) in [7, 11) is 0. The van der Waals surface area contributed by atoms with Gasteiger partial charge in [0.25, 0.3) is 11.6 Å². The van der Waals surface area contributed by atoms with Gasteiger partial charge in [-0.05, 0) is 34.1 Å². The minimum absolute atomic E-state index is 0.128. The van der Waals surface area contributed by atoms with Crippen molar-refractivity contribution in [2.75, 3.05) is 10.7 Å². The van der Waals surface area contributed by atoms with Crippen molar-refractivity contribution in [1.82, 2.24) is 4.98 Å². The number of carbonyl (C=O) groups excluding carboxylic acids is 1. The van der Waals surface area contributed by atoms with Crippen molar-refractivity contribution in [2.24, 2.45) is 5.84 Å². The van der Waals surface area contributed by atoms with Crippen LogP contribution in [0.5, 0.6) is 0 Å². The lowest BCUT2D eigenvalue weighted by molar-refractivity contribution is -0.384. The number of aromatic nitrogens is 1. The molecular formula is C12H10BrN5O3. The molecule has 1 amide bonds. The number of carbonyl (C=O) groups is 1. The number of nitrogens with zero attached hydrogens (tertiary/aromatic N) is 2. The van der Waals surface area contributed by atoms with E-state index in [1.807, 2.05) is 0 Å². The van der Waals surface area contributed by atoms with Crippen LogP contribution < -0.4 is 16.6 Å². The minimum Gasteiger partial charge on any atom is -0.321 e. The van der Waals surface area contributed by atoms with Gasteiger partial charge in [-0.3, -0.25) is 14.9 Å². The molecule has 8 nitrogen and oxygen atoms in total. The van der Waals surface area contributed by atoms with Crippen LogP contribution >= 0.6 is 15.9 Å². The Labute approximate surface area is 127 Å². The molecule has 0 unspecified atom stereocenters. The Morgan fingerprint density at radius 3 is 2.81 bits per heavy atom. The van der Waals surface area contributed by atoms with Crippen molar-refractivity contribution in [3.63, 3.8) is 0 Å². The largest absolute Gasteiger partial charge is 0.321 e. The van der Waals surface area contributed by atoms with Gasteiger partial charge in [0, 0.05) is 22.8 Å². The average Bonchev–Trinajstić information content (AvgIpc) is 2.49. The zero-order valence-corrected chi connectivity index (χ0v) is 12.1. The molecule has 1 heterocycles. The molecule has 1 aromatic heterocycles. The van der Waals surface area contributed by atoms with Crippen LogP contribution in [0, 0.1) is 10.1 Å². The molecule has 2 aromatic rings. The molecule has 0 saturated heterocycles. The molecule has 0 aliphatic rings. The van der Waals surface area contributed by atoms with Gasteiger partial charge in [-0.2, -0.15) is 0 Å². The molecule has 0 spiro atoms. The van der Waals surface area contributed by atoms with Crippen molar-refractivity contribution in [3.05, 3.63) is 56.7 Å². The van der Waals surface area contributed by atoms with Gasteiger partial charge >= 0.3 is 0 Å². The smallest absolute Gasteiger partial charge is 0.271 e. The van der Waals surface area contributed by atoms with Gasteiger partial charge in [0.1, 0.15) is 0 Å². The highest BCUT2D eigenvalue weighted by molar-refractivity contribution is 9.10. The average molecular weight is 352 g/mol. The number of pyridine rings is 1. The number of nitro groups is 1. The SMILES string of the molecule is NNc1ncccc1C(=O)Nc1cc([N+](=O)[O-])ccc1Br. The third-order valence-corrected chi connectivity index (χ3v) is 3.29.